The summed E-state index contributed by atoms with van der Waals surface area (Å²) in [6.07, 6.45) is -2.72. The molecule has 0 spiro atoms. The zero-order chi connectivity index (χ0) is 31.0. The van der Waals surface area contributed by atoms with Gasteiger partial charge in [-0.1, -0.05) is 24.3 Å². The highest BCUT2D eigenvalue weighted by Crippen LogP contribution is 2.26. The van der Waals surface area contributed by atoms with Crippen molar-refractivity contribution >= 4 is 29.1 Å². The van der Waals surface area contributed by atoms with E-state index in [1.165, 1.54) is 37.4 Å². The molecule has 0 aliphatic carbocycles. The molecule has 0 saturated carbocycles. The molecule has 4 rings (SSSR count). The van der Waals surface area contributed by atoms with E-state index < -0.39 is 18.6 Å². The quantitative estimate of drug-likeness (QED) is 0.108. The lowest BCUT2D eigenvalue weighted by atomic mass is 10.1. The van der Waals surface area contributed by atoms with Gasteiger partial charge in [-0.25, -0.2) is 4.39 Å². The van der Waals surface area contributed by atoms with Crippen LogP contribution < -0.4 is 26.2 Å². The van der Waals surface area contributed by atoms with Crippen LogP contribution in [0.2, 0.25) is 0 Å². The first-order chi connectivity index (χ1) is 20.5. The molecule has 0 atom stereocenters. The van der Waals surface area contributed by atoms with Crippen LogP contribution in [-0.2, 0) is 11.2 Å². The van der Waals surface area contributed by atoms with E-state index in [4.69, 9.17) is 10.1 Å². The Bertz CT molecular complexity index is 1660. The van der Waals surface area contributed by atoms with Gasteiger partial charge in [0.25, 0.3) is 5.91 Å². The van der Waals surface area contributed by atoms with Crippen molar-refractivity contribution in [1.82, 2.24) is 10.3 Å². The fourth-order valence-electron chi connectivity index (χ4n) is 3.90. The number of nitrogens with zero attached hydrogens (tertiary/aromatic N) is 1. The smallest absolute Gasteiger partial charge is 0.405 e. The molecule has 0 unspecified atom stereocenters. The molecule has 0 aliphatic rings. The molecule has 43 heavy (non-hydrogen) atoms. The Hall–Kier alpha value is -5.46. The lowest BCUT2D eigenvalue weighted by molar-refractivity contribution is -0.123. The Morgan fingerprint density at radius 3 is 2.26 bits per heavy atom. The predicted octanol–water partition coefficient (Wildman–Crippen LogP) is 5.25. The second-order valence-electron chi connectivity index (χ2n) is 9.19. The fourth-order valence-corrected chi connectivity index (χ4v) is 3.90. The van der Waals surface area contributed by atoms with Gasteiger partial charge in [0.2, 0.25) is 11.9 Å². The third kappa shape index (κ3) is 9.01. The number of halogens is 4. The van der Waals surface area contributed by atoms with Crippen molar-refractivity contribution in [2.24, 2.45) is 4.99 Å². The molecule has 13 heteroatoms. The van der Waals surface area contributed by atoms with Crippen LogP contribution in [0.1, 0.15) is 15.9 Å². The standard InChI is InChI=1S/C30H26F4N6O3/c1-43-25-15-20(28(42)37-17-30(32,33)34)6-12-24(25)39-29(35)40-26-13-7-21(16-36-26)19-4-10-23(11-5-19)38-27(41)14-18-2-8-22(31)9-3-18/h2-13,15-16H,14,17H2,1H3,(H,37,42)(H,38,41)(H3,35,36,39,40). The lowest BCUT2D eigenvalue weighted by Gasteiger charge is -2.12. The molecule has 222 valence electrons. The van der Waals surface area contributed by atoms with Gasteiger partial charge in [0, 0.05) is 17.4 Å². The predicted molar refractivity (Wildman–Crippen MR) is 153 cm³/mol. The van der Waals surface area contributed by atoms with E-state index in [1.54, 1.807) is 47.9 Å². The molecule has 1 aromatic heterocycles. The molecule has 0 radical (unpaired) electrons. The number of hydrogen-bond donors (Lipinski definition) is 5. The number of benzene rings is 3. The van der Waals surface area contributed by atoms with E-state index in [9.17, 15) is 27.2 Å². The number of pyridine rings is 1. The largest absolute Gasteiger partial charge is 0.495 e. The number of aromatic nitrogens is 1. The molecule has 0 bridgehead atoms. The number of carbonyl (C=O) groups is 2. The number of alkyl halides is 3. The Kier molecular flexibility index (Phi) is 9.55. The Morgan fingerprint density at radius 2 is 1.63 bits per heavy atom. The minimum atomic E-state index is -4.54. The van der Waals surface area contributed by atoms with Crippen LogP contribution in [0.4, 0.5) is 28.9 Å². The van der Waals surface area contributed by atoms with E-state index in [-0.39, 0.29) is 41.1 Å². The van der Waals surface area contributed by atoms with Crippen molar-refractivity contribution in [3.05, 3.63) is 107 Å². The van der Waals surface area contributed by atoms with Crippen LogP contribution in [0.5, 0.6) is 5.75 Å². The van der Waals surface area contributed by atoms with Crippen molar-refractivity contribution in [1.29, 1.82) is 5.41 Å². The van der Waals surface area contributed by atoms with Crippen molar-refractivity contribution in [2.45, 2.75) is 12.6 Å². The maximum Gasteiger partial charge on any atom is 0.405 e. The Balaban J connectivity index is 1.36. The van der Waals surface area contributed by atoms with Gasteiger partial charge in [-0.2, -0.15) is 18.2 Å². The number of aromatic amines is 1. The van der Waals surface area contributed by atoms with Crippen molar-refractivity contribution in [3.8, 4) is 16.9 Å². The maximum absolute atomic E-state index is 13.0. The van der Waals surface area contributed by atoms with E-state index in [0.717, 1.165) is 11.1 Å². The number of H-pyrrole nitrogens is 1. The number of hydrogen-bond acceptors (Lipinski definition) is 4. The SMILES string of the molecule is COc1cc(C(=O)NCC(F)(F)F)ccc1NC(=N)/N=c1/ccc(-c2ccc(NC(=O)Cc3ccc(F)cc3)cc2)c[nH]1. The molecule has 9 nitrogen and oxygen atoms in total. The fraction of sp³-hybridized carbons (Fsp3) is 0.133. The summed E-state index contributed by atoms with van der Waals surface area (Å²) in [5.74, 6) is -1.64. The molecule has 0 aliphatic heterocycles. The normalized spacial score (nSPS) is 11.5. The maximum atomic E-state index is 13.0. The molecule has 0 saturated heterocycles. The second kappa shape index (κ2) is 13.5. The zero-order valence-electron chi connectivity index (χ0n) is 22.7. The van der Waals surface area contributed by atoms with Crippen LogP contribution in [-0.4, -0.2) is 42.6 Å². The highest BCUT2D eigenvalue weighted by atomic mass is 19.4. The highest BCUT2D eigenvalue weighted by molar-refractivity contribution is 5.97. The van der Waals surface area contributed by atoms with Gasteiger partial charge >= 0.3 is 6.18 Å². The molecule has 2 amide bonds. The highest BCUT2D eigenvalue weighted by Gasteiger charge is 2.28. The summed E-state index contributed by atoms with van der Waals surface area (Å²) >= 11 is 0. The van der Waals surface area contributed by atoms with E-state index >= 15 is 0 Å². The number of rotatable bonds is 8. The van der Waals surface area contributed by atoms with Gasteiger partial charge in [0.15, 0.2) is 0 Å². The van der Waals surface area contributed by atoms with E-state index in [2.05, 4.69) is 20.6 Å². The molecule has 3 aromatic carbocycles. The van der Waals surface area contributed by atoms with Crippen molar-refractivity contribution in [3.63, 3.8) is 0 Å². The summed E-state index contributed by atoms with van der Waals surface area (Å²) < 4.78 is 55.4. The number of amides is 2. The zero-order valence-corrected chi connectivity index (χ0v) is 22.7. The summed E-state index contributed by atoms with van der Waals surface area (Å²) in [6.45, 7) is -1.46. The molecule has 1 heterocycles. The third-order valence-electron chi connectivity index (χ3n) is 5.97. The topological polar surface area (TPSA) is 131 Å². The van der Waals surface area contributed by atoms with E-state index in [0.29, 0.717) is 16.7 Å². The van der Waals surface area contributed by atoms with Crippen LogP contribution in [0.25, 0.3) is 11.1 Å². The molecular weight excluding hydrogens is 568 g/mol. The summed E-state index contributed by atoms with van der Waals surface area (Å²) in [7, 11) is 1.32. The summed E-state index contributed by atoms with van der Waals surface area (Å²) in [5, 5.41) is 15.5. The molecule has 5 N–H and O–H groups in total. The third-order valence-corrected chi connectivity index (χ3v) is 5.97. The summed E-state index contributed by atoms with van der Waals surface area (Å²) in [6, 6.07) is 20.3. The number of anilines is 2. The second-order valence-corrected chi connectivity index (χ2v) is 9.19. The van der Waals surface area contributed by atoms with Crippen LogP contribution in [0, 0.1) is 11.2 Å². The Morgan fingerprint density at radius 1 is 0.930 bits per heavy atom. The molecule has 0 fully saturated rings. The number of ether oxygens (including phenoxy) is 1. The summed E-state index contributed by atoms with van der Waals surface area (Å²) in [4.78, 5) is 31.5. The van der Waals surface area contributed by atoms with Gasteiger partial charge in [-0.15, -0.1) is 0 Å². The first-order valence-electron chi connectivity index (χ1n) is 12.8. The van der Waals surface area contributed by atoms with Gasteiger partial charge in [0.1, 0.15) is 23.6 Å². The molecule has 4 aromatic rings. The van der Waals surface area contributed by atoms with Gasteiger partial charge in [-0.3, -0.25) is 15.0 Å². The first-order valence-corrected chi connectivity index (χ1v) is 12.8. The average molecular weight is 595 g/mol. The lowest BCUT2D eigenvalue weighted by Crippen LogP contribution is -2.33. The first kappa shape index (κ1) is 30.5. The van der Waals surface area contributed by atoms with Crippen molar-refractivity contribution < 1.29 is 31.9 Å². The summed E-state index contributed by atoms with van der Waals surface area (Å²) in [5.41, 5.74) is 3.58. The van der Waals surface area contributed by atoms with E-state index in [1.807, 2.05) is 12.1 Å². The van der Waals surface area contributed by atoms with Crippen LogP contribution in [0.3, 0.4) is 0 Å². The van der Waals surface area contributed by atoms with Crippen LogP contribution >= 0.6 is 0 Å². The number of methoxy groups -OCH3 is 1. The average Bonchev–Trinajstić information content (AvgIpc) is 2.97. The van der Waals surface area contributed by atoms with Gasteiger partial charge < -0.3 is 25.7 Å². The van der Waals surface area contributed by atoms with Gasteiger partial charge in [-0.05, 0) is 71.3 Å². The monoisotopic (exact) mass is 594 g/mol. The van der Waals surface area contributed by atoms with Gasteiger partial charge in [0.05, 0.1) is 19.2 Å². The van der Waals surface area contributed by atoms with Crippen LogP contribution in [0.15, 0.2) is 90.1 Å². The minimum absolute atomic E-state index is 0.0422. The number of carbonyl (C=O) groups excluding carboxylic acids is 2. The Labute approximate surface area is 243 Å². The minimum Gasteiger partial charge on any atom is -0.495 e. The molecular formula is C30H26F4N6O3. The number of nitrogens with one attached hydrogen (secondary N) is 5. The number of guanidine groups is 1. The van der Waals surface area contributed by atoms with Crippen molar-refractivity contribution in [2.75, 3.05) is 24.3 Å².